The van der Waals surface area contributed by atoms with Crippen molar-refractivity contribution in [3.63, 3.8) is 0 Å². The molecule has 5 heteroatoms. The Morgan fingerprint density at radius 2 is 2.00 bits per heavy atom. The van der Waals surface area contributed by atoms with Crippen LogP contribution in [-0.2, 0) is 4.74 Å². The molecular formula is C14H22N2O3. The van der Waals surface area contributed by atoms with Gasteiger partial charge in [0, 0.05) is 6.54 Å². The summed E-state index contributed by atoms with van der Waals surface area (Å²) < 4.78 is 10.6. The van der Waals surface area contributed by atoms with Crippen molar-refractivity contribution in [2.24, 2.45) is 0 Å². The number of nitrogen functional groups attached to an aromatic ring is 1. The third kappa shape index (κ3) is 6.55. The number of benzene rings is 1. The monoisotopic (exact) mass is 266 g/mol. The Bertz CT molecular complexity index is 413. The molecule has 0 atom stereocenters. The Hall–Kier alpha value is -1.91. The first-order valence-corrected chi connectivity index (χ1v) is 6.32. The average molecular weight is 266 g/mol. The second-order valence-electron chi connectivity index (χ2n) is 5.17. The van der Waals surface area contributed by atoms with Crippen LogP contribution >= 0.6 is 0 Å². The molecule has 19 heavy (non-hydrogen) atoms. The molecule has 0 aromatic heterocycles. The summed E-state index contributed by atoms with van der Waals surface area (Å²) in [6.07, 6.45) is 0.278. The molecule has 3 N–H and O–H groups in total. The number of rotatable bonds is 5. The molecule has 1 amide bonds. The highest BCUT2D eigenvalue weighted by atomic mass is 16.6. The number of alkyl carbamates (subject to hydrolysis) is 1. The lowest BCUT2D eigenvalue weighted by atomic mass is 10.2. The van der Waals surface area contributed by atoms with E-state index in [1.807, 2.05) is 39.0 Å². The summed E-state index contributed by atoms with van der Waals surface area (Å²) in [6, 6.07) is 7.32. The van der Waals surface area contributed by atoms with Gasteiger partial charge in [-0.2, -0.15) is 0 Å². The minimum atomic E-state index is -0.473. The number of anilines is 1. The van der Waals surface area contributed by atoms with Crippen LogP contribution in [0.5, 0.6) is 5.75 Å². The van der Waals surface area contributed by atoms with Crippen molar-refractivity contribution < 1.29 is 14.3 Å². The number of amides is 1. The highest BCUT2D eigenvalue weighted by molar-refractivity contribution is 5.67. The predicted molar refractivity (Wildman–Crippen MR) is 75.2 cm³/mol. The van der Waals surface area contributed by atoms with E-state index in [-0.39, 0.29) is 0 Å². The summed E-state index contributed by atoms with van der Waals surface area (Å²) in [7, 11) is 0. The van der Waals surface area contributed by atoms with Crippen LogP contribution in [-0.4, -0.2) is 24.8 Å². The van der Waals surface area contributed by atoms with E-state index in [2.05, 4.69) is 5.32 Å². The molecule has 0 saturated heterocycles. The highest BCUT2D eigenvalue weighted by Gasteiger charge is 2.15. The van der Waals surface area contributed by atoms with Crippen molar-refractivity contribution in [3.8, 4) is 5.75 Å². The zero-order valence-corrected chi connectivity index (χ0v) is 11.7. The Kier molecular flexibility index (Phi) is 5.48. The van der Waals surface area contributed by atoms with Gasteiger partial charge in [-0.1, -0.05) is 12.1 Å². The van der Waals surface area contributed by atoms with E-state index in [0.717, 1.165) is 0 Å². The third-order valence-corrected chi connectivity index (χ3v) is 2.17. The fourth-order valence-electron chi connectivity index (χ4n) is 1.37. The van der Waals surface area contributed by atoms with Crippen molar-refractivity contribution in [1.29, 1.82) is 0 Å². The second-order valence-corrected chi connectivity index (χ2v) is 5.17. The SMILES string of the molecule is CC(C)(C)OC(=O)NCCCOc1ccccc1N. The van der Waals surface area contributed by atoms with E-state index in [1.54, 1.807) is 6.07 Å². The van der Waals surface area contributed by atoms with Gasteiger partial charge in [0.1, 0.15) is 11.4 Å². The number of carbonyl (C=O) groups excluding carboxylic acids is 1. The number of hydrogen-bond donors (Lipinski definition) is 2. The summed E-state index contributed by atoms with van der Waals surface area (Å²) in [6.45, 7) is 6.47. The highest BCUT2D eigenvalue weighted by Crippen LogP contribution is 2.19. The number of carbonyl (C=O) groups is 1. The maximum Gasteiger partial charge on any atom is 0.407 e. The quantitative estimate of drug-likeness (QED) is 0.634. The second kappa shape index (κ2) is 6.87. The van der Waals surface area contributed by atoms with Gasteiger partial charge in [-0.25, -0.2) is 4.79 Å². The van der Waals surface area contributed by atoms with Gasteiger partial charge in [0.25, 0.3) is 0 Å². The van der Waals surface area contributed by atoms with Crippen LogP contribution in [0.1, 0.15) is 27.2 Å². The zero-order chi connectivity index (χ0) is 14.3. The normalized spacial score (nSPS) is 10.9. The van der Waals surface area contributed by atoms with Crippen LogP contribution in [0.3, 0.4) is 0 Å². The molecule has 0 fully saturated rings. The first-order chi connectivity index (χ1) is 8.88. The van der Waals surface area contributed by atoms with Crippen LogP contribution in [0.25, 0.3) is 0 Å². The van der Waals surface area contributed by atoms with Crippen LogP contribution in [0.4, 0.5) is 10.5 Å². The summed E-state index contributed by atoms with van der Waals surface area (Å²) in [5.74, 6) is 0.666. The van der Waals surface area contributed by atoms with Crippen molar-refractivity contribution >= 4 is 11.8 Å². The van der Waals surface area contributed by atoms with Gasteiger partial charge in [0.15, 0.2) is 0 Å². The first-order valence-electron chi connectivity index (χ1n) is 6.32. The van der Waals surface area contributed by atoms with Crippen LogP contribution in [0.2, 0.25) is 0 Å². The fraction of sp³-hybridized carbons (Fsp3) is 0.500. The number of ether oxygens (including phenoxy) is 2. The van der Waals surface area contributed by atoms with Gasteiger partial charge in [-0.05, 0) is 39.3 Å². The lowest BCUT2D eigenvalue weighted by Crippen LogP contribution is -2.33. The smallest absolute Gasteiger partial charge is 0.407 e. The Balaban J connectivity index is 2.15. The lowest BCUT2D eigenvalue weighted by molar-refractivity contribution is 0.0525. The molecule has 0 heterocycles. The lowest BCUT2D eigenvalue weighted by Gasteiger charge is -2.19. The molecule has 0 saturated carbocycles. The van der Waals surface area contributed by atoms with E-state index in [0.29, 0.717) is 31.0 Å². The number of para-hydroxylation sites is 2. The summed E-state index contributed by atoms with van der Waals surface area (Å²) >= 11 is 0. The summed E-state index contributed by atoms with van der Waals surface area (Å²) in [5.41, 5.74) is 5.88. The van der Waals surface area contributed by atoms with E-state index < -0.39 is 11.7 Å². The molecule has 1 aromatic rings. The van der Waals surface area contributed by atoms with Crippen molar-refractivity contribution in [1.82, 2.24) is 5.32 Å². The van der Waals surface area contributed by atoms with Crippen LogP contribution in [0.15, 0.2) is 24.3 Å². The molecule has 106 valence electrons. The predicted octanol–water partition coefficient (Wildman–Crippen LogP) is 2.56. The summed E-state index contributed by atoms with van der Waals surface area (Å²) in [4.78, 5) is 11.4. The van der Waals surface area contributed by atoms with Gasteiger partial charge < -0.3 is 20.5 Å². The topological polar surface area (TPSA) is 73.6 Å². The molecule has 5 nitrogen and oxygen atoms in total. The van der Waals surface area contributed by atoms with E-state index >= 15 is 0 Å². The summed E-state index contributed by atoms with van der Waals surface area (Å²) in [5, 5.41) is 2.67. The minimum Gasteiger partial charge on any atom is -0.491 e. The number of nitrogens with two attached hydrogens (primary N) is 1. The van der Waals surface area contributed by atoms with Gasteiger partial charge in [-0.3, -0.25) is 0 Å². The molecule has 1 rings (SSSR count). The largest absolute Gasteiger partial charge is 0.491 e. The van der Waals surface area contributed by atoms with Crippen molar-refractivity contribution in [2.45, 2.75) is 32.8 Å². The average Bonchev–Trinajstić information content (AvgIpc) is 2.28. The van der Waals surface area contributed by atoms with Gasteiger partial charge in [-0.15, -0.1) is 0 Å². The molecular weight excluding hydrogens is 244 g/mol. The number of nitrogens with one attached hydrogen (secondary N) is 1. The Labute approximate surface area is 114 Å². The zero-order valence-electron chi connectivity index (χ0n) is 11.7. The molecule has 0 radical (unpaired) electrons. The van der Waals surface area contributed by atoms with E-state index in [9.17, 15) is 4.79 Å². The molecule has 0 aliphatic carbocycles. The van der Waals surface area contributed by atoms with Crippen molar-refractivity contribution in [3.05, 3.63) is 24.3 Å². The molecule has 0 aliphatic heterocycles. The van der Waals surface area contributed by atoms with E-state index in [1.165, 1.54) is 0 Å². The van der Waals surface area contributed by atoms with Crippen LogP contribution in [0, 0.1) is 0 Å². The van der Waals surface area contributed by atoms with Gasteiger partial charge in [0.05, 0.1) is 12.3 Å². The molecule has 0 unspecified atom stereocenters. The molecule has 1 aromatic carbocycles. The maximum atomic E-state index is 11.4. The minimum absolute atomic E-state index is 0.410. The fourth-order valence-corrected chi connectivity index (χ4v) is 1.37. The molecule has 0 bridgehead atoms. The van der Waals surface area contributed by atoms with Gasteiger partial charge in [0.2, 0.25) is 0 Å². The van der Waals surface area contributed by atoms with Crippen molar-refractivity contribution in [2.75, 3.05) is 18.9 Å². The standard InChI is InChI=1S/C14H22N2O3/c1-14(2,3)19-13(17)16-9-6-10-18-12-8-5-4-7-11(12)15/h4-5,7-8H,6,9-10,15H2,1-3H3,(H,16,17). The Morgan fingerprint density at radius 3 is 2.63 bits per heavy atom. The third-order valence-electron chi connectivity index (χ3n) is 2.17. The molecule has 0 spiro atoms. The molecule has 0 aliphatic rings. The number of hydrogen-bond acceptors (Lipinski definition) is 4. The van der Waals surface area contributed by atoms with Crippen LogP contribution < -0.4 is 15.8 Å². The van der Waals surface area contributed by atoms with E-state index in [4.69, 9.17) is 15.2 Å². The Morgan fingerprint density at radius 1 is 1.32 bits per heavy atom. The first kappa shape index (κ1) is 15.1. The van der Waals surface area contributed by atoms with Gasteiger partial charge >= 0.3 is 6.09 Å². The maximum absolute atomic E-state index is 11.4.